The number of aliphatic carboxylic acids is 1. The van der Waals surface area contributed by atoms with Crippen molar-refractivity contribution in [2.24, 2.45) is 5.92 Å². The van der Waals surface area contributed by atoms with Gasteiger partial charge in [-0.25, -0.2) is 13.2 Å². The van der Waals surface area contributed by atoms with Crippen LogP contribution in [0.1, 0.15) is 25.3 Å². The molecular weight excluding hydrogens is 392 g/mol. The van der Waals surface area contributed by atoms with Crippen LogP contribution in [0.5, 0.6) is 5.75 Å². The number of carbonyl (C=O) groups is 1. The number of aryl methyl sites for hydroxylation is 1. The molecule has 3 rings (SSSR count). The number of piperidine rings is 1. The van der Waals surface area contributed by atoms with Crippen LogP contribution in [0, 0.1) is 12.8 Å². The van der Waals surface area contributed by atoms with Crippen molar-refractivity contribution in [2.75, 3.05) is 29.3 Å². The SMILES string of the molecule is Cc1cc(S(=O)(=O)Nc2ccc(N3CCC(C)CC3)cc2)ccc1OCC(=O)O. The molecule has 1 heterocycles. The first-order valence-corrected chi connectivity index (χ1v) is 11.1. The van der Waals surface area contributed by atoms with Gasteiger partial charge in [-0.2, -0.15) is 0 Å². The van der Waals surface area contributed by atoms with E-state index in [2.05, 4.69) is 16.5 Å². The topological polar surface area (TPSA) is 95.9 Å². The fourth-order valence-electron chi connectivity index (χ4n) is 3.31. The number of sulfonamides is 1. The Bertz CT molecular complexity index is 965. The fourth-order valence-corrected chi connectivity index (χ4v) is 4.45. The Morgan fingerprint density at radius 3 is 2.41 bits per heavy atom. The maximum absolute atomic E-state index is 12.7. The zero-order chi connectivity index (χ0) is 21.0. The van der Waals surface area contributed by atoms with Crippen LogP contribution >= 0.6 is 0 Å². The second-order valence-corrected chi connectivity index (χ2v) is 9.11. The molecule has 7 nitrogen and oxygen atoms in total. The molecule has 0 bridgehead atoms. The molecule has 1 saturated heterocycles. The van der Waals surface area contributed by atoms with Gasteiger partial charge in [-0.3, -0.25) is 4.72 Å². The predicted octanol–water partition coefficient (Wildman–Crippen LogP) is 3.50. The van der Waals surface area contributed by atoms with Crippen LogP contribution in [0.2, 0.25) is 0 Å². The highest BCUT2D eigenvalue weighted by Gasteiger charge is 2.18. The lowest BCUT2D eigenvalue weighted by atomic mass is 9.99. The highest BCUT2D eigenvalue weighted by Crippen LogP contribution is 2.26. The third-order valence-electron chi connectivity index (χ3n) is 5.08. The molecule has 2 aromatic rings. The maximum Gasteiger partial charge on any atom is 0.341 e. The van der Waals surface area contributed by atoms with Gasteiger partial charge in [0.2, 0.25) is 0 Å². The van der Waals surface area contributed by atoms with Crippen LogP contribution in [-0.4, -0.2) is 39.2 Å². The van der Waals surface area contributed by atoms with E-state index in [4.69, 9.17) is 9.84 Å². The van der Waals surface area contributed by atoms with Crippen LogP contribution in [0.15, 0.2) is 47.4 Å². The van der Waals surface area contributed by atoms with E-state index in [1.165, 1.54) is 31.0 Å². The van der Waals surface area contributed by atoms with Gasteiger partial charge in [-0.15, -0.1) is 0 Å². The Morgan fingerprint density at radius 2 is 1.83 bits per heavy atom. The van der Waals surface area contributed by atoms with Crippen LogP contribution in [0.3, 0.4) is 0 Å². The largest absolute Gasteiger partial charge is 0.482 e. The Balaban J connectivity index is 1.69. The standard InChI is InChI=1S/C21H26N2O5S/c1-15-9-11-23(12-10-15)18-5-3-17(4-6-18)22-29(26,27)19-7-8-20(16(2)13-19)28-14-21(24)25/h3-8,13,15,22H,9-12,14H2,1-2H3,(H,24,25). The van der Waals surface area contributed by atoms with E-state index < -0.39 is 22.6 Å². The number of benzene rings is 2. The summed E-state index contributed by atoms with van der Waals surface area (Å²) in [6.07, 6.45) is 2.33. The average molecular weight is 419 g/mol. The summed E-state index contributed by atoms with van der Waals surface area (Å²) in [5.74, 6) is -0.00136. The lowest BCUT2D eigenvalue weighted by Gasteiger charge is -2.32. The number of hydrogen-bond acceptors (Lipinski definition) is 5. The molecule has 156 valence electrons. The quantitative estimate of drug-likeness (QED) is 0.715. The zero-order valence-corrected chi connectivity index (χ0v) is 17.4. The third kappa shape index (κ3) is 5.41. The van der Waals surface area contributed by atoms with Crippen LogP contribution < -0.4 is 14.4 Å². The number of carboxylic acid groups (broad SMARTS) is 1. The van der Waals surface area contributed by atoms with E-state index in [1.54, 1.807) is 19.1 Å². The Kier molecular flexibility index (Phi) is 6.32. The van der Waals surface area contributed by atoms with Gasteiger partial charge in [0.05, 0.1) is 4.90 Å². The molecule has 0 aromatic heterocycles. The highest BCUT2D eigenvalue weighted by molar-refractivity contribution is 7.92. The van der Waals surface area contributed by atoms with Gasteiger partial charge < -0.3 is 14.7 Å². The molecule has 8 heteroatoms. The van der Waals surface area contributed by atoms with E-state index in [0.717, 1.165) is 24.7 Å². The van der Waals surface area contributed by atoms with Crippen molar-refractivity contribution >= 4 is 27.4 Å². The lowest BCUT2D eigenvalue weighted by Crippen LogP contribution is -2.32. The second-order valence-electron chi connectivity index (χ2n) is 7.43. The maximum atomic E-state index is 12.7. The summed E-state index contributed by atoms with van der Waals surface area (Å²) in [7, 11) is -3.76. The minimum Gasteiger partial charge on any atom is -0.482 e. The molecule has 2 aromatic carbocycles. The Morgan fingerprint density at radius 1 is 1.17 bits per heavy atom. The number of carboxylic acids is 1. The predicted molar refractivity (Wildman–Crippen MR) is 112 cm³/mol. The smallest absolute Gasteiger partial charge is 0.341 e. The number of hydrogen-bond donors (Lipinski definition) is 2. The monoisotopic (exact) mass is 418 g/mol. The van der Waals surface area contributed by atoms with Gasteiger partial charge in [0.25, 0.3) is 10.0 Å². The number of nitrogens with one attached hydrogen (secondary N) is 1. The average Bonchev–Trinajstić information content (AvgIpc) is 2.68. The molecule has 0 aliphatic carbocycles. The first-order chi connectivity index (χ1) is 13.7. The molecule has 0 spiro atoms. The molecule has 0 saturated carbocycles. The van der Waals surface area contributed by atoms with E-state index in [0.29, 0.717) is 17.0 Å². The minimum atomic E-state index is -3.76. The fraction of sp³-hybridized carbons (Fsp3) is 0.381. The number of anilines is 2. The van der Waals surface area contributed by atoms with Crippen molar-refractivity contribution in [1.29, 1.82) is 0 Å². The van der Waals surface area contributed by atoms with Crippen LogP contribution in [0.4, 0.5) is 11.4 Å². The van der Waals surface area contributed by atoms with E-state index in [9.17, 15) is 13.2 Å². The summed E-state index contributed by atoms with van der Waals surface area (Å²) >= 11 is 0. The van der Waals surface area contributed by atoms with Crippen molar-refractivity contribution in [3.05, 3.63) is 48.0 Å². The molecule has 29 heavy (non-hydrogen) atoms. The summed E-state index contributed by atoms with van der Waals surface area (Å²) in [6, 6.07) is 11.7. The van der Waals surface area contributed by atoms with E-state index >= 15 is 0 Å². The first kappa shape index (κ1) is 21.0. The molecule has 2 N–H and O–H groups in total. The number of nitrogens with zero attached hydrogens (tertiary/aromatic N) is 1. The summed E-state index contributed by atoms with van der Waals surface area (Å²) in [5.41, 5.74) is 2.13. The highest BCUT2D eigenvalue weighted by atomic mass is 32.2. The van der Waals surface area contributed by atoms with Gasteiger partial charge in [0.15, 0.2) is 6.61 Å². The Hall–Kier alpha value is -2.74. The van der Waals surface area contributed by atoms with Crippen molar-refractivity contribution in [3.8, 4) is 5.75 Å². The van der Waals surface area contributed by atoms with Gasteiger partial charge >= 0.3 is 5.97 Å². The first-order valence-electron chi connectivity index (χ1n) is 9.57. The summed E-state index contributed by atoms with van der Waals surface area (Å²) in [5, 5.41) is 8.69. The van der Waals surface area contributed by atoms with Gasteiger partial charge in [0, 0.05) is 24.5 Å². The normalized spacial score (nSPS) is 15.2. The summed E-state index contributed by atoms with van der Waals surface area (Å²) < 4.78 is 33.1. The van der Waals surface area contributed by atoms with Crippen molar-refractivity contribution in [2.45, 2.75) is 31.6 Å². The molecular formula is C21H26N2O5S. The molecule has 0 atom stereocenters. The number of rotatable bonds is 7. The molecule has 0 amide bonds. The summed E-state index contributed by atoms with van der Waals surface area (Å²) in [6.45, 7) is 5.49. The zero-order valence-electron chi connectivity index (χ0n) is 16.6. The molecule has 1 fully saturated rings. The van der Waals surface area contributed by atoms with Gasteiger partial charge in [0.1, 0.15) is 5.75 Å². The Labute approximate surface area is 171 Å². The van der Waals surface area contributed by atoms with E-state index in [-0.39, 0.29) is 4.90 Å². The van der Waals surface area contributed by atoms with Gasteiger partial charge in [-0.05, 0) is 73.7 Å². The lowest BCUT2D eigenvalue weighted by molar-refractivity contribution is -0.139. The van der Waals surface area contributed by atoms with Crippen molar-refractivity contribution in [1.82, 2.24) is 0 Å². The molecule has 1 aliphatic rings. The second kappa shape index (κ2) is 8.73. The third-order valence-corrected chi connectivity index (χ3v) is 6.46. The minimum absolute atomic E-state index is 0.0896. The van der Waals surface area contributed by atoms with Crippen LogP contribution in [0.25, 0.3) is 0 Å². The molecule has 0 radical (unpaired) electrons. The molecule has 1 aliphatic heterocycles. The molecule has 0 unspecified atom stereocenters. The van der Waals surface area contributed by atoms with Crippen molar-refractivity contribution in [3.63, 3.8) is 0 Å². The van der Waals surface area contributed by atoms with Crippen molar-refractivity contribution < 1.29 is 23.1 Å². The van der Waals surface area contributed by atoms with Gasteiger partial charge in [-0.1, -0.05) is 6.92 Å². The van der Waals surface area contributed by atoms with E-state index in [1.807, 2.05) is 12.1 Å². The van der Waals surface area contributed by atoms with Crippen LogP contribution in [-0.2, 0) is 14.8 Å². The number of ether oxygens (including phenoxy) is 1. The summed E-state index contributed by atoms with van der Waals surface area (Å²) in [4.78, 5) is 13.0.